The molecule has 5 nitrogen and oxygen atoms in total. The lowest BCUT2D eigenvalue weighted by molar-refractivity contribution is -0.120. The second-order valence-corrected chi connectivity index (χ2v) is 8.31. The van der Waals surface area contributed by atoms with Gasteiger partial charge in [0.25, 0.3) is 0 Å². The first-order valence-corrected chi connectivity index (χ1v) is 10.9. The summed E-state index contributed by atoms with van der Waals surface area (Å²) in [6.45, 7) is 6.81. The first-order valence-electron chi connectivity index (χ1n) is 10.9. The first kappa shape index (κ1) is 22.0. The van der Waals surface area contributed by atoms with Crippen molar-refractivity contribution < 1.29 is 4.79 Å². The molecular weight excluding hydrogens is 408 g/mol. The SMILES string of the molecule is Cc1ccc(CC(=O)N/N=C\c2c(C)n(Cc3ccc(C#N)cc3)c3ccccc23)c(C)c1. The van der Waals surface area contributed by atoms with E-state index in [0.29, 0.717) is 18.5 Å². The predicted molar refractivity (Wildman–Crippen MR) is 132 cm³/mol. The fourth-order valence-corrected chi connectivity index (χ4v) is 4.12. The monoisotopic (exact) mass is 434 g/mol. The smallest absolute Gasteiger partial charge is 0.244 e. The fraction of sp³-hybridized carbons (Fsp3) is 0.179. The Kier molecular flexibility index (Phi) is 6.37. The van der Waals surface area contributed by atoms with Crippen LogP contribution in [-0.2, 0) is 17.8 Å². The zero-order valence-electron chi connectivity index (χ0n) is 19.1. The molecule has 0 bridgehead atoms. The molecule has 0 atom stereocenters. The van der Waals surface area contributed by atoms with Crippen molar-refractivity contribution in [3.8, 4) is 6.07 Å². The van der Waals surface area contributed by atoms with Gasteiger partial charge in [0, 0.05) is 28.7 Å². The van der Waals surface area contributed by atoms with Crippen LogP contribution in [0.25, 0.3) is 10.9 Å². The highest BCUT2D eigenvalue weighted by molar-refractivity contribution is 6.01. The van der Waals surface area contributed by atoms with Gasteiger partial charge < -0.3 is 4.57 Å². The molecule has 3 aromatic carbocycles. The van der Waals surface area contributed by atoms with E-state index < -0.39 is 0 Å². The Labute approximate surface area is 194 Å². The fourth-order valence-electron chi connectivity index (χ4n) is 4.12. The molecule has 33 heavy (non-hydrogen) atoms. The minimum Gasteiger partial charge on any atom is -0.340 e. The van der Waals surface area contributed by atoms with E-state index in [9.17, 15) is 4.79 Å². The molecule has 0 aliphatic carbocycles. The van der Waals surface area contributed by atoms with E-state index in [1.807, 2.05) is 62.4 Å². The molecule has 164 valence electrons. The van der Waals surface area contributed by atoms with Gasteiger partial charge in [-0.25, -0.2) is 5.43 Å². The van der Waals surface area contributed by atoms with Gasteiger partial charge in [0.05, 0.1) is 24.3 Å². The number of aryl methyl sites for hydroxylation is 2. The Morgan fingerprint density at radius 2 is 1.82 bits per heavy atom. The van der Waals surface area contributed by atoms with Gasteiger partial charge >= 0.3 is 0 Å². The Bertz CT molecular complexity index is 1390. The first-order chi connectivity index (χ1) is 16.0. The molecule has 0 saturated heterocycles. The molecule has 1 amide bonds. The number of carbonyl (C=O) groups excluding carboxylic acids is 1. The van der Waals surface area contributed by atoms with E-state index in [1.165, 1.54) is 5.56 Å². The number of nitrogens with zero attached hydrogens (tertiary/aromatic N) is 3. The maximum absolute atomic E-state index is 12.4. The topological polar surface area (TPSA) is 70.2 Å². The molecule has 0 aliphatic rings. The molecule has 1 N–H and O–H groups in total. The zero-order valence-corrected chi connectivity index (χ0v) is 19.1. The summed E-state index contributed by atoms with van der Waals surface area (Å²) >= 11 is 0. The lowest BCUT2D eigenvalue weighted by Crippen LogP contribution is -2.20. The van der Waals surface area contributed by atoms with Crippen LogP contribution in [0.4, 0.5) is 0 Å². The van der Waals surface area contributed by atoms with Crippen molar-refractivity contribution in [3.05, 3.63) is 106 Å². The molecule has 5 heteroatoms. The summed E-state index contributed by atoms with van der Waals surface area (Å²) in [5.41, 5.74) is 10.9. The Morgan fingerprint density at radius 3 is 2.55 bits per heavy atom. The molecule has 0 radical (unpaired) electrons. The number of nitrogens with one attached hydrogen (secondary N) is 1. The molecule has 1 aromatic heterocycles. The highest BCUT2D eigenvalue weighted by atomic mass is 16.2. The lowest BCUT2D eigenvalue weighted by atomic mass is 10.0. The molecule has 0 fully saturated rings. The van der Waals surface area contributed by atoms with Crippen LogP contribution in [0.1, 0.15) is 39.1 Å². The Hall–Kier alpha value is -4.17. The van der Waals surface area contributed by atoms with Crippen molar-refractivity contribution in [1.29, 1.82) is 5.26 Å². The molecule has 4 rings (SSSR count). The predicted octanol–water partition coefficient (Wildman–Crippen LogP) is 5.18. The van der Waals surface area contributed by atoms with Crippen LogP contribution in [0.3, 0.4) is 0 Å². The highest BCUT2D eigenvalue weighted by Gasteiger charge is 2.13. The second-order valence-electron chi connectivity index (χ2n) is 8.31. The minimum atomic E-state index is -0.142. The van der Waals surface area contributed by atoms with Gasteiger partial charge in [-0.2, -0.15) is 10.4 Å². The van der Waals surface area contributed by atoms with E-state index in [1.54, 1.807) is 6.21 Å². The zero-order chi connectivity index (χ0) is 23.4. The standard InChI is InChI=1S/C28H26N4O/c1-19-8-13-24(20(2)14-19)15-28(33)31-30-17-26-21(3)32(27-7-5-4-6-25(26)27)18-23-11-9-22(16-29)10-12-23/h4-14,17H,15,18H2,1-3H3,(H,31,33)/b30-17-. The number of hydrogen-bond acceptors (Lipinski definition) is 3. The number of fused-ring (bicyclic) bond motifs is 1. The number of amides is 1. The highest BCUT2D eigenvalue weighted by Crippen LogP contribution is 2.25. The third kappa shape index (κ3) is 4.86. The Balaban J connectivity index is 1.55. The van der Waals surface area contributed by atoms with Gasteiger partial charge in [0.15, 0.2) is 0 Å². The molecule has 0 spiro atoms. The van der Waals surface area contributed by atoms with Gasteiger partial charge in [-0.3, -0.25) is 4.79 Å². The van der Waals surface area contributed by atoms with Crippen LogP contribution in [0.2, 0.25) is 0 Å². The second kappa shape index (κ2) is 9.54. The van der Waals surface area contributed by atoms with Crippen LogP contribution in [-0.4, -0.2) is 16.7 Å². The van der Waals surface area contributed by atoms with E-state index >= 15 is 0 Å². The van der Waals surface area contributed by atoms with Crippen LogP contribution < -0.4 is 5.43 Å². The third-order valence-corrected chi connectivity index (χ3v) is 5.94. The van der Waals surface area contributed by atoms with Crippen molar-refractivity contribution in [2.24, 2.45) is 5.10 Å². The normalized spacial score (nSPS) is 11.1. The average Bonchev–Trinajstić information content (AvgIpc) is 3.07. The van der Waals surface area contributed by atoms with Crippen molar-refractivity contribution in [2.75, 3.05) is 0 Å². The number of hydrazone groups is 1. The van der Waals surface area contributed by atoms with Crippen molar-refractivity contribution >= 4 is 23.0 Å². The summed E-state index contributed by atoms with van der Waals surface area (Å²) in [6.07, 6.45) is 2.02. The number of para-hydroxylation sites is 1. The molecule has 0 unspecified atom stereocenters. The largest absolute Gasteiger partial charge is 0.340 e. The number of aromatic nitrogens is 1. The van der Waals surface area contributed by atoms with Crippen LogP contribution in [0.15, 0.2) is 71.8 Å². The van der Waals surface area contributed by atoms with Gasteiger partial charge in [-0.15, -0.1) is 0 Å². The molecule has 0 saturated carbocycles. The maximum Gasteiger partial charge on any atom is 0.244 e. The quantitative estimate of drug-likeness (QED) is 0.336. The van der Waals surface area contributed by atoms with Crippen LogP contribution in [0.5, 0.6) is 0 Å². The van der Waals surface area contributed by atoms with Gasteiger partial charge in [-0.05, 0) is 55.7 Å². The molecule has 4 aromatic rings. The molecule has 0 aliphatic heterocycles. The van der Waals surface area contributed by atoms with Gasteiger partial charge in [0.1, 0.15) is 0 Å². The summed E-state index contributed by atoms with van der Waals surface area (Å²) in [6, 6.07) is 24.1. The summed E-state index contributed by atoms with van der Waals surface area (Å²) in [5.74, 6) is -0.142. The van der Waals surface area contributed by atoms with Crippen molar-refractivity contribution in [1.82, 2.24) is 9.99 Å². The lowest BCUT2D eigenvalue weighted by Gasteiger charge is -2.09. The van der Waals surface area contributed by atoms with Gasteiger partial charge in [0.2, 0.25) is 5.91 Å². The number of hydrogen-bond donors (Lipinski definition) is 1. The summed E-state index contributed by atoms with van der Waals surface area (Å²) in [7, 11) is 0. The van der Waals surface area contributed by atoms with Crippen LogP contribution in [0, 0.1) is 32.1 Å². The van der Waals surface area contributed by atoms with Crippen LogP contribution >= 0.6 is 0 Å². The van der Waals surface area contributed by atoms with E-state index in [4.69, 9.17) is 5.26 Å². The summed E-state index contributed by atoms with van der Waals surface area (Å²) in [5, 5.41) is 14.4. The Morgan fingerprint density at radius 1 is 1.06 bits per heavy atom. The van der Waals surface area contributed by atoms with E-state index in [-0.39, 0.29) is 5.91 Å². The number of benzene rings is 3. The summed E-state index contributed by atoms with van der Waals surface area (Å²) < 4.78 is 2.23. The summed E-state index contributed by atoms with van der Waals surface area (Å²) in [4.78, 5) is 12.4. The molecular formula is C28H26N4O. The molecule has 1 heterocycles. The number of nitriles is 1. The van der Waals surface area contributed by atoms with Crippen molar-refractivity contribution in [2.45, 2.75) is 33.7 Å². The maximum atomic E-state index is 12.4. The van der Waals surface area contributed by atoms with Gasteiger partial charge in [-0.1, -0.05) is 54.1 Å². The average molecular weight is 435 g/mol. The minimum absolute atomic E-state index is 0.142. The number of carbonyl (C=O) groups is 1. The third-order valence-electron chi connectivity index (χ3n) is 5.94. The van der Waals surface area contributed by atoms with E-state index in [0.717, 1.165) is 38.9 Å². The van der Waals surface area contributed by atoms with E-state index in [2.05, 4.69) is 46.3 Å². The van der Waals surface area contributed by atoms with Crippen molar-refractivity contribution in [3.63, 3.8) is 0 Å². The number of rotatable bonds is 6.